The van der Waals surface area contributed by atoms with Gasteiger partial charge in [-0.25, -0.2) is 0 Å². The van der Waals surface area contributed by atoms with Crippen molar-refractivity contribution < 1.29 is 23.1 Å². The van der Waals surface area contributed by atoms with Crippen molar-refractivity contribution in [1.82, 2.24) is 15.1 Å². The predicted molar refractivity (Wildman–Crippen MR) is 121 cm³/mol. The van der Waals surface area contributed by atoms with Crippen LogP contribution in [0.4, 0.5) is 0 Å². The third kappa shape index (κ3) is 5.91. The first-order chi connectivity index (χ1) is 15.5. The Balaban J connectivity index is 1.72. The molecule has 1 amide bonds. The molecule has 2 heterocycles. The van der Waals surface area contributed by atoms with Crippen molar-refractivity contribution in [2.45, 2.75) is 33.2 Å². The minimum absolute atomic E-state index is 0.189. The van der Waals surface area contributed by atoms with Crippen molar-refractivity contribution in [3.63, 3.8) is 0 Å². The van der Waals surface area contributed by atoms with Gasteiger partial charge in [0.1, 0.15) is 0 Å². The first-order valence-electron chi connectivity index (χ1n) is 10.4. The van der Waals surface area contributed by atoms with Crippen LogP contribution in [0.1, 0.15) is 38.1 Å². The van der Waals surface area contributed by atoms with Gasteiger partial charge in [-0.3, -0.25) is 4.79 Å². The fourth-order valence-electron chi connectivity index (χ4n) is 2.97. The summed E-state index contributed by atoms with van der Waals surface area (Å²) < 4.78 is 22.0. The number of nitrogens with zero attached hydrogens (tertiary/aromatic N) is 3. The lowest BCUT2D eigenvalue weighted by Crippen LogP contribution is -2.29. The Morgan fingerprint density at radius 1 is 1.25 bits per heavy atom. The van der Waals surface area contributed by atoms with Crippen LogP contribution in [0.5, 0.6) is 11.5 Å². The Kier molecular flexibility index (Phi) is 8.33. The quantitative estimate of drug-likeness (QED) is 0.362. The van der Waals surface area contributed by atoms with E-state index in [-0.39, 0.29) is 18.3 Å². The molecule has 9 heteroatoms. The summed E-state index contributed by atoms with van der Waals surface area (Å²) in [6.07, 6.45) is 6.33. The highest BCUT2D eigenvalue weighted by molar-refractivity contribution is 6.32. The van der Waals surface area contributed by atoms with E-state index in [2.05, 4.69) is 10.2 Å². The lowest BCUT2D eigenvalue weighted by molar-refractivity contribution is -0.126. The van der Waals surface area contributed by atoms with E-state index in [1.807, 2.05) is 13.8 Å². The first-order valence-corrected chi connectivity index (χ1v) is 10.8. The van der Waals surface area contributed by atoms with Crippen molar-refractivity contribution >= 4 is 23.6 Å². The minimum atomic E-state index is -0.189. The number of methoxy groups -OCH3 is 1. The minimum Gasteiger partial charge on any atom is -0.493 e. The third-order valence-electron chi connectivity index (χ3n) is 4.45. The Bertz CT molecular complexity index is 1050. The van der Waals surface area contributed by atoms with Crippen LogP contribution in [-0.4, -0.2) is 41.3 Å². The van der Waals surface area contributed by atoms with E-state index < -0.39 is 0 Å². The number of ether oxygens (including phenoxy) is 2. The van der Waals surface area contributed by atoms with E-state index in [1.165, 1.54) is 12.3 Å². The Labute approximate surface area is 191 Å². The number of aromatic nitrogens is 2. The fraction of sp³-hybridized carbons (Fsp3) is 0.348. The molecule has 32 heavy (non-hydrogen) atoms. The summed E-state index contributed by atoms with van der Waals surface area (Å²) in [7, 11) is 1.55. The summed E-state index contributed by atoms with van der Waals surface area (Å²) in [6, 6.07) is 6.97. The summed E-state index contributed by atoms with van der Waals surface area (Å²) in [5.41, 5.74) is 0.721. The second kappa shape index (κ2) is 11.4. The number of carbonyl (C=O) groups excluding carboxylic acids is 1. The molecular formula is C23H26ClN3O5. The van der Waals surface area contributed by atoms with Gasteiger partial charge in [0.25, 0.3) is 5.89 Å². The molecule has 0 spiro atoms. The van der Waals surface area contributed by atoms with Crippen LogP contribution in [0.2, 0.25) is 5.02 Å². The van der Waals surface area contributed by atoms with E-state index in [4.69, 9.17) is 29.9 Å². The SMILES string of the molecule is CCCOc1c(Cl)cc(/C=C/C(=O)N(CCC)Cc2nnc(-c3ccco3)o2)cc1OC. The number of benzene rings is 1. The topological polar surface area (TPSA) is 90.8 Å². The van der Waals surface area contributed by atoms with E-state index >= 15 is 0 Å². The average Bonchev–Trinajstić information content (AvgIpc) is 3.48. The van der Waals surface area contributed by atoms with E-state index in [9.17, 15) is 4.79 Å². The molecule has 0 saturated carbocycles. The number of rotatable bonds is 11. The summed E-state index contributed by atoms with van der Waals surface area (Å²) in [5, 5.41) is 8.42. The molecule has 0 aliphatic carbocycles. The normalized spacial score (nSPS) is 11.1. The first kappa shape index (κ1) is 23.4. The van der Waals surface area contributed by atoms with Gasteiger partial charge in [-0.1, -0.05) is 25.4 Å². The van der Waals surface area contributed by atoms with Gasteiger partial charge in [0.05, 0.1) is 31.5 Å². The summed E-state index contributed by atoms with van der Waals surface area (Å²) in [6.45, 7) is 5.27. The third-order valence-corrected chi connectivity index (χ3v) is 4.73. The van der Waals surface area contributed by atoms with Gasteiger partial charge in [0.2, 0.25) is 11.8 Å². The maximum absolute atomic E-state index is 12.8. The van der Waals surface area contributed by atoms with Crippen molar-refractivity contribution in [3.8, 4) is 23.1 Å². The highest BCUT2D eigenvalue weighted by atomic mass is 35.5. The van der Waals surface area contributed by atoms with Crippen LogP contribution < -0.4 is 9.47 Å². The zero-order chi connectivity index (χ0) is 22.9. The highest BCUT2D eigenvalue weighted by Gasteiger charge is 2.17. The van der Waals surface area contributed by atoms with Gasteiger partial charge in [0, 0.05) is 12.6 Å². The average molecular weight is 460 g/mol. The van der Waals surface area contributed by atoms with Gasteiger partial charge < -0.3 is 23.2 Å². The molecule has 0 fully saturated rings. The highest BCUT2D eigenvalue weighted by Crippen LogP contribution is 2.37. The lowest BCUT2D eigenvalue weighted by atomic mass is 10.1. The summed E-state index contributed by atoms with van der Waals surface area (Å²) in [4.78, 5) is 14.5. The second-order valence-corrected chi connectivity index (χ2v) is 7.36. The standard InChI is InChI=1S/C23H26ClN3O5/c1-4-10-27(15-20-25-26-23(32-20)18-7-6-12-30-18)21(28)9-8-16-13-17(24)22(31-11-5-2)19(14-16)29-3/h6-9,12-14H,4-5,10-11,15H2,1-3H3/b9-8+. The molecule has 0 N–H and O–H groups in total. The van der Waals surface area contributed by atoms with Gasteiger partial charge in [0.15, 0.2) is 17.3 Å². The summed E-state index contributed by atoms with van der Waals surface area (Å²) in [5.74, 6) is 1.90. The zero-order valence-electron chi connectivity index (χ0n) is 18.3. The fourth-order valence-corrected chi connectivity index (χ4v) is 3.24. The predicted octanol–water partition coefficient (Wildman–Crippen LogP) is 5.23. The van der Waals surface area contributed by atoms with Crippen molar-refractivity contribution in [3.05, 3.63) is 53.1 Å². The van der Waals surface area contributed by atoms with Gasteiger partial charge in [-0.15, -0.1) is 10.2 Å². The number of furan rings is 1. The van der Waals surface area contributed by atoms with Gasteiger partial charge in [-0.05, 0) is 48.7 Å². The largest absolute Gasteiger partial charge is 0.493 e. The Morgan fingerprint density at radius 2 is 2.09 bits per heavy atom. The van der Waals surface area contributed by atoms with Crippen molar-refractivity contribution in [2.24, 2.45) is 0 Å². The molecule has 0 radical (unpaired) electrons. The second-order valence-electron chi connectivity index (χ2n) is 6.95. The van der Waals surface area contributed by atoms with Crippen LogP contribution in [0.15, 0.2) is 45.4 Å². The van der Waals surface area contributed by atoms with Gasteiger partial charge in [-0.2, -0.15) is 0 Å². The molecule has 0 unspecified atom stereocenters. The molecule has 8 nitrogen and oxygen atoms in total. The maximum Gasteiger partial charge on any atom is 0.283 e. The molecule has 0 bridgehead atoms. The molecule has 0 aliphatic rings. The maximum atomic E-state index is 12.8. The number of halogens is 1. The molecule has 0 atom stereocenters. The number of hydrogen-bond acceptors (Lipinski definition) is 7. The lowest BCUT2D eigenvalue weighted by Gasteiger charge is -2.18. The molecule has 0 saturated heterocycles. The van der Waals surface area contributed by atoms with Gasteiger partial charge >= 0.3 is 0 Å². The van der Waals surface area contributed by atoms with Crippen LogP contribution in [0.3, 0.4) is 0 Å². The zero-order valence-corrected chi connectivity index (χ0v) is 19.1. The molecule has 3 aromatic rings. The summed E-state index contributed by atoms with van der Waals surface area (Å²) >= 11 is 6.36. The van der Waals surface area contributed by atoms with E-state index in [0.717, 1.165) is 18.4 Å². The number of carbonyl (C=O) groups is 1. The smallest absolute Gasteiger partial charge is 0.283 e. The number of amides is 1. The molecular weight excluding hydrogens is 434 g/mol. The van der Waals surface area contributed by atoms with Crippen LogP contribution in [-0.2, 0) is 11.3 Å². The molecule has 170 valence electrons. The van der Waals surface area contributed by atoms with Crippen molar-refractivity contribution in [1.29, 1.82) is 0 Å². The van der Waals surface area contributed by atoms with Crippen molar-refractivity contribution in [2.75, 3.05) is 20.3 Å². The number of hydrogen-bond donors (Lipinski definition) is 0. The Morgan fingerprint density at radius 3 is 2.78 bits per heavy atom. The van der Waals surface area contributed by atoms with E-state index in [0.29, 0.717) is 41.3 Å². The van der Waals surface area contributed by atoms with Crippen LogP contribution in [0, 0.1) is 0 Å². The molecule has 2 aromatic heterocycles. The molecule has 0 aliphatic heterocycles. The van der Waals surface area contributed by atoms with E-state index in [1.54, 1.807) is 42.4 Å². The van der Waals surface area contributed by atoms with Crippen LogP contribution in [0.25, 0.3) is 17.7 Å². The molecule has 1 aromatic carbocycles. The monoisotopic (exact) mass is 459 g/mol. The molecule has 3 rings (SSSR count). The Hall–Kier alpha value is -3.26. The van der Waals surface area contributed by atoms with Crippen LogP contribution >= 0.6 is 11.6 Å².